The number of hydrogen-bond donors (Lipinski definition) is 1. The summed E-state index contributed by atoms with van der Waals surface area (Å²) in [6, 6.07) is 23.2. The average Bonchev–Trinajstić information content (AvgIpc) is 3.35. The molecule has 44 heavy (non-hydrogen) atoms. The minimum atomic E-state index is -0.989. The van der Waals surface area contributed by atoms with Crippen molar-refractivity contribution in [2.45, 2.75) is 35.9 Å². The number of nitrogens with zero attached hydrogens (tertiary/aromatic N) is 3. The van der Waals surface area contributed by atoms with Gasteiger partial charge in [0, 0.05) is 29.7 Å². The standard InChI is InChI=1S/C36H35N3O4S/c1-23-12-9-13-24(2)31(23)38-21-11-19-36-30(29-28(44-36)18-10-20-37(33(29)41)26-16-7-4-8-17-26)34(42)39(32(36)35(38)43)27(22-40)25-14-5-3-6-15-25/h3-19,27-30,32,40H,20-22H2,1-2H3/t27-,28+,29-,30+,32?,36+/m1/s1. The van der Waals surface area contributed by atoms with Gasteiger partial charge in [0.05, 0.1) is 29.2 Å². The number of aryl methyl sites for hydroxylation is 2. The summed E-state index contributed by atoms with van der Waals surface area (Å²) >= 11 is 1.55. The Balaban J connectivity index is 1.39. The van der Waals surface area contributed by atoms with Gasteiger partial charge in [0.2, 0.25) is 11.8 Å². The Hall–Kier alpha value is -4.14. The van der Waals surface area contributed by atoms with E-state index >= 15 is 4.79 Å². The van der Waals surface area contributed by atoms with Crippen LogP contribution in [-0.2, 0) is 14.4 Å². The van der Waals surface area contributed by atoms with Crippen molar-refractivity contribution < 1.29 is 19.5 Å². The van der Waals surface area contributed by atoms with Crippen LogP contribution in [0.1, 0.15) is 22.7 Å². The minimum Gasteiger partial charge on any atom is -0.394 e. The lowest BCUT2D eigenvalue weighted by molar-refractivity contribution is -0.141. The number of benzene rings is 3. The third kappa shape index (κ3) is 4.26. The van der Waals surface area contributed by atoms with Gasteiger partial charge in [0.15, 0.2) is 0 Å². The Labute approximate surface area is 261 Å². The van der Waals surface area contributed by atoms with E-state index in [9.17, 15) is 14.7 Å². The summed E-state index contributed by atoms with van der Waals surface area (Å²) in [7, 11) is 0. The molecule has 1 unspecified atom stereocenters. The van der Waals surface area contributed by atoms with Crippen molar-refractivity contribution in [2.24, 2.45) is 11.8 Å². The molecule has 224 valence electrons. The fraction of sp³-hybridized carbons (Fsp3) is 0.306. The lowest BCUT2D eigenvalue weighted by Gasteiger charge is -2.39. The van der Waals surface area contributed by atoms with Crippen LogP contribution < -0.4 is 9.80 Å². The lowest BCUT2D eigenvalue weighted by atomic mass is 9.78. The normalized spacial score (nSPS) is 28.4. The zero-order valence-corrected chi connectivity index (χ0v) is 25.6. The first-order chi connectivity index (χ1) is 21.4. The molecular weight excluding hydrogens is 570 g/mol. The summed E-state index contributed by atoms with van der Waals surface area (Å²) in [6.07, 6.45) is 8.07. The van der Waals surface area contributed by atoms with Crippen LogP contribution in [0.15, 0.2) is 103 Å². The Kier molecular flexibility index (Phi) is 7.22. The summed E-state index contributed by atoms with van der Waals surface area (Å²) in [5.74, 6) is -2.03. The number of fused-ring (bicyclic) bond motifs is 2. The molecule has 4 aliphatic rings. The van der Waals surface area contributed by atoms with Crippen molar-refractivity contribution in [3.63, 3.8) is 0 Å². The zero-order valence-electron chi connectivity index (χ0n) is 24.7. The van der Waals surface area contributed by atoms with Crippen LogP contribution in [0.2, 0.25) is 0 Å². The molecule has 0 aromatic heterocycles. The van der Waals surface area contributed by atoms with Gasteiger partial charge in [-0.2, -0.15) is 0 Å². The van der Waals surface area contributed by atoms with Crippen molar-refractivity contribution in [2.75, 3.05) is 29.5 Å². The van der Waals surface area contributed by atoms with Crippen LogP contribution >= 0.6 is 11.8 Å². The highest BCUT2D eigenvalue weighted by atomic mass is 32.2. The van der Waals surface area contributed by atoms with Gasteiger partial charge in [0.25, 0.3) is 5.91 Å². The van der Waals surface area contributed by atoms with Gasteiger partial charge in [-0.1, -0.05) is 91.0 Å². The van der Waals surface area contributed by atoms with Crippen LogP contribution in [0, 0.1) is 25.7 Å². The second-order valence-electron chi connectivity index (χ2n) is 12.0. The molecule has 8 heteroatoms. The maximum atomic E-state index is 15.0. The second-order valence-corrected chi connectivity index (χ2v) is 13.5. The predicted octanol–water partition coefficient (Wildman–Crippen LogP) is 4.84. The fourth-order valence-corrected chi connectivity index (χ4v) is 9.71. The maximum absolute atomic E-state index is 15.0. The number of hydrogen-bond acceptors (Lipinski definition) is 5. The maximum Gasteiger partial charge on any atom is 0.251 e. The molecule has 0 radical (unpaired) electrons. The first kappa shape index (κ1) is 28.6. The van der Waals surface area contributed by atoms with E-state index in [-0.39, 0.29) is 29.6 Å². The van der Waals surface area contributed by atoms with Crippen LogP contribution in [0.3, 0.4) is 0 Å². The van der Waals surface area contributed by atoms with E-state index in [4.69, 9.17) is 0 Å². The number of carbonyl (C=O) groups excluding carboxylic acids is 3. The highest BCUT2D eigenvalue weighted by Crippen LogP contribution is 2.62. The number of para-hydroxylation sites is 2. The zero-order chi connectivity index (χ0) is 30.6. The van der Waals surface area contributed by atoms with Crippen molar-refractivity contribution in [1.29, 1.82) is 0 Å². The number of amides is 3. The summed E-state index contributed by atoms with van der Waals surface area (Å²) < 4.78 is -0.989. The molecule has 0 aliphatic carbocycles. The quantitative estimate of drug-likeness (QED) is 0.421. The number of likely N-dealkylation sites (tertiary alicyclic amines) is 1. The van der Waals surface area contributed by atoms with Gasteiger partial charge >= 0.3 is 0 Å². The molecule has 7 rings (SSSR count). The number of carbonyl (C=O) groups is 3. The molecule has 1 spiro atoms. The highest BCUT2D eigenvalue weighted by Gasteiger charge is 2.72. The van der Waals surface area contributed by atoms with Crippen LogP contribution in [0.4, 0.5) is 11.4 Å². The van der Waals surface area contributed by atoms with Gasteiger partial charge in [0.1, 0.15) is 6.04 Å². The summed E-state index contributed by atoms with van der Waals surface area (Å²) in [5, 5.41) is 10.6. The van der Waals surface area contributed by atoms with E-state index in [0.29, 0.717) is 13.1 Å². The largest absolute Gasteiger partial charge is 0.394 e. The van der Waals surface area contributed by atoms with E-state index in [1.54, 1.807) is 26.5 Å². The molecule has 3 aromatic carbocycles. The SMILES string of the molecule is Cc1cccc(C)c1N1CC=C[C@]23S[C@H]4C=CCN(c5ccccc5)C(=O)[C@H]4[C@H]2C(=O)N([C@H](CO)c2ccccc2)C3C1=O. The Morgan fingerprint density at radius 2 is 1.48 bits per heavy atom. The third-order valence-electron chi connectivity index (χ3n) is 9.57. The molecule has 3 amide bonds. The molecular formula is C36H35N3O4S. The summed E-state index contributed by atoms with van der Waals surface area (Å²) in [5.41, 5.74) is 4.30. The van der Waals surface area contributed by atoms with Crippen molar-refractivity contribution in [3.05, 3.63) is 120 Å². The first-order valence-electron chi connectivity index (χ1n) is 15.1. The second kappa shape index (κ2) is 11.1. The Morgan fingerprint density at radius 3 is 2.16 bits per heavy atom. The molecule has 6 atom stereocenters. The molecule has 0 bridgehead atoms. The van der Waals surface area contributed by atoms with E-state index in [0.717, 1.165) is 28.1 Å². The molecule has 4 heterocycles. The van der Waals surface area contributed by atoms with E-state index in [1.807, 2.05) is 117 Å². The molecule has 0 saturated carbocycles. The smallest absolute Gasteiger partial charge is 0.251 e. The number of aliphatic hydroxyl groups excluding tert-OH is 1. The van der Waals surface area contributed by atoms with Crippen molar-refractivity contribution >= 4 is 40.9 Å². The first-order valence-corrected chi connectivity index (χ1v) is 16.0. The third-order valence-corrected chi connectivity index (χ3v) is 11.3. The van der Waals surface area contributed by atoms with Gasteiger partial charge in [-0.3, -0.25) is 14.4 Å². The van der Waals surface area contributed by atoms with E-state index in [1.165, 1.54) is 0 Å². The van der Waals surface area contributed by atoms with Gasteiger partial charge in [-0.25, -0.2) is 0 Å². The molecule has 4 aliphatic heterocycles. The monoisotopic (exact) mass is 605 g/mol. The van der Waals surface area contributed by atoms with Crippen LogP contribution in [-0.4, -0.2) is 63.5 Å². The number of thioether (sulfide) groups is 1. The van der Waals surface area contributed by atoms with Crippen LogP contribution in [0.5, 0.6) is 0 Å². The number of aliphatic hydroxyl groups is 1. The highest BCUT2D eigenvalue weighted by molar-refractivity contribution is 8.02. The predicted molar refractivity (Wildman–Crippen MR) is 173 cm³/mol. The van der Waals surface area contributed by atoms with Crippen molar-refractivity contribution in [3.8, 4) is 0 Å². The Morgan fingerprint density at radius 1 is 0.818 bits per heavy atom. The van der Waals surface area contributed by atoms with E-state index in [2.05, 4.69) is 0 Å². The van der Waals surface area contributed by atoms with Crippen molar-refractivity contribution in [1.82, 2.24) is 4.90 Å². The lowest BCUT2D eigenvalue weighted by Crippen LogP contribution is -2.54. The fourth-order valence-electron chi connectivity index (χ4n) is 7.71. The minimum absolute atomic E-state index is 0.119. The number of anilines is 2. The van der Waals surface area contributed by atoms with Crippen LogP contribution in [0.25, 0.3) is 0 Å². The van der Waals surface area contributed by atoms with Gasteiger partial charge in [-0.15, -0.1) is 11.8 Å². The molecule has 1 N–H and O–H groups in total. The van der Waals surface area contributed by atoms with Gasteiger partial charge in [-0.05, 0) is 42.7 Å². The van der Waals surface area contributed by atoms with Gasteiger partial charge < -0.3 is 19.8 Å². The molecule has 2 saturated heterocycles. The molecule has 3 aromatic rings. The average molecular weight is 606 g/mol. The molecule has 2 fully saturated rings. The molecule has 7 nitrogen and oxygen atoms in total. The topological polar surface area (TPSA) is 81.2 Å². The van der Waals surface area contributed by atoms with E-state index < -0.39 is 28.7 Å². The number of rotatable bonds is 5. The Bertz CT molecular complexity index is 1650. The summed E-state index contributed by atoms with van der Waals surface area (Å²) in [4.78, 5) is 49.5. The summed E-state index contributed by atoms with van der Waals surface area (Å²) in [6.45, 7) is 4.40.